The van der Waals surface area contributed by atoms with Crippen molar-refractivity contribution in [1.82, 2.24) is 0 Å². The van der Waals surface area contributed by atoms with Gasteiger partial charge in [-0.25, -0.2) is 0 Å². The summed E-state index contributed by atoms with van der Waals surface area (Å²) >= 11 is 1.86. The SMILES string of the molecule is Cc1cccc2sc(-c3ccccc3)cc12. The molecule has 0 nitrogen and oxygen atoms in total. The van der Waals surface area contributed by atoms with Gasteiger partial charge in [-0.1, -0.05) is 42.5 Å². The zero-order valence-corrected chi connectivity index (χ0v) is 9.92. The fourth-order valence-electron chi connectivity index (χ4n) is 1.95. The standard InChI is InChI=1S/C15H12S/c1-11-6-5-9-14-13(11)10-15(16-14)12-7-3-2-4-8-12/h2-10H,1H3. The second-order valence-electron chi connectivity index (χ2n) is 3.96. The summed E-state index contributed by atoms with van der Waals surface area (Å²) in [5.74, 6) is 0. The topological polar surface area (TPSA) is 0 Å². The van der Waals surface area contributed by atoms with Gasteiger partial charge in [0, 0.05) is 9.58 Å². The van der Waals surface area contributed by atoms with Crippen LogP contribution in [0.4, 0.5) is 0 Å². The highest BCUT2D eigenvalue weighted by atomic mass is 32.1. The Labute approximate surface area is 99.2 Å². The van der Waals surface area contributed by atoms with Gasteiger partial charge >= 0.3 is 0 Å². The third-order valence-corrected chi connectivity index (χ3v) is 3.99. The predicted molar refractivity (Wildman–Crippen MR) is 72.0 cm³/mol. The Balaban J connectivity index is 2.23. The van der Waals surface area contributed by atoms with Crippen LogP contribution in [-0.2, 0) is 0 Å². The Morgan fingerprint density at radius 2 is 1.69 bits per heavy atom. The fourth-order valence-corrected chi connectivity index (χ4v) is 3.10. The summed E-state index contributed by atoms with van der Waals surface area (Å²) in [6, 6.07) is 19.4. The number of rotatable bonds is 1. The summed E-state index contributed by atoms with van der Waals surface area (Å²) in [6.45, 7) is 2.17. The first kappa shape index (κ1) is 9.61. The molecule has 16 heavy (non-hydrogen) atoms. The van der Waals surface area contributed by atoms with Gasteiger partial charge in [-0.05, 0) is 35.6 Å². The molecule has 0 spiro atoms. The molecule has 0 aliphatic heterocycles. The molecule has 0 radical (unpaired) electrons. The van der Waals surface area contributed by atoms with Crippen molar-refractivity contribution in [2.45, 2.75) is 6.92 Å². The molecule has 3 rings (SSSR count). The smallest absolute Gasteiger partial charge is 0.0355 e. The van der Waals surface area contributed by atoms with Crippen molar-refractivity contribution in [2.75, 3.05) is 0 Å². The van der Waals surface area contributed by atoms with E-state index >= 15 is 0 Å². The Morgan fingerprint density at radius 3 is 2.44 bits per heavy atom. The van der Waals surface area contributed by atoms with Gasteiger partial charge in [0.1, 0.15) is 0 Å². The second-order valence-corrected chi connectivity index (χ2v) is 5.05. The van der Waals surface area contributed by atoms with Crippen LogP contribution in [0.2, 0.25) is 0 Å². The van der Waals surface area contributed by atoms with Crippen molar-refractivity contribution >= 4 is 21.4 Å². The van der Waals surface area contributed by atoms with Crippen LogP contribution in [0.15, 0.2) is 54.6 Å². The lowest BCUT2D eigenvalue weighted by atomic mass is 10.1. The van der Waals surface area contributed by atoms with Crippen molar-refractivity contribution < 1.29 is 0 Å². The molecule has 1 aromatic heterocycles. The average molecular weight is 224 g/mol. The van der Waals surface area contributed by atoms with Gasteiger partial charge in [0.15, 0.2) is 0 Å². The largest absolute Gasteiger partial charge is 0.135 e. The van der Waals surface area contributed by atoms with Gasteiger partial charge in [0.2, 0.25) is 0 Å². The minimum absolute atomic E-state index is 1.31. The molecule has 0 N–H and O–H groups in total. The maximum atomic E-state index is 2.30. The number of fused-ring (bicyclic) bond motifs is 1. The highest BCUT2D eigenvalue weighted by Crippen LogP contribution is 2.34. The predicted octanol–water partition coefficient (Wildman–Crippen LogP) is 4.88. The number of hydrogen-bond acceptors (Lipinski definition) is 1. The first-order valence-electron chi connectivity index (χ1n) is 5.39. The van der Waals surface area contributed by atoms with Crippen molar-refractivity contribution in [3.8, 4) is 10.4 Å². The van der Waals surface area contributed by atoms with E-state index in [2.05, 4.69) is 61.5 Å². The van der Waals surface area contributed by atoms with E-state index in [-0.39, 0.29) is 0 Å². The van der Waals surface area contributed by atoms with Gasteiger partial charge < -0.3 is 0 Å². The van der Waals surface area contributed by atoms with E-state index in [0.717, 1.165) is 0 Å². The highest BCUT2D eigenvalue weighted by Gasteiger charge is 2.04. The highest BCUT2D eigenvalue weighted by molar-refractivity contribution is 7.22. The minimum Gasteiger partial charge on any atom is -0.135 e. The van der Waals surface area contributed by atoms with Crippen LogP contribution in [0.25, 0.3) is 20.5 Å². The van der Waals surface area contributed by atoms with Gasteiger partial charge in [-0.3, -0.25) is 0 Å². The molecule has 0 saturated heterocycles. The number of aryl methyl sites for hydroxylation is 1. The molecule has 3 aromatic rings. The van der Waals surface area contributed by atoms with E-state index < -0.39 is 0 Å². The van der Waals surface area contributed by atoms with Gasteiger partial charge in [0.05, 0.1) is 0 Å². The Kier molecular flexibility index (Phi) is 2.26. The summed E-state index contributed by atoms with van der Waals surface area (Å²) in [6.07, 6.45) is 0. The lowest BCUT2D eigenvalue weighted by Gasteiger charge is -1.93. The van der Waals surface area contributed by atoms with Crippen LogP contribution in [0.1, 0.15) is 5.56 Å². The second kappa shape index (κ2) is 3.76. The third kappa shape index (κ3) is 1.54. The van der Waals surface area contributed by atoms with Crippen molar-refractivity contribution in [2.24, 2.45) is 0 Å². The summed E-state index contributed by atoms with van der Waals surface area (Å²) in [5.41, 5.74) is 2.67. The Bertz CT molecular complexity index is 620. The molecule has 78 valence electrons. The zero-order chi connectivity index (χ0) is 11.0. The number of benzene rings is 2. The van der Waals surface area contributed by atoms with E-state index in [9.17, 15) is 0 Å². The number of hydrogen-bond donors (Lipinski definition) is 0. The summed E-state index contributed by atoms with van der Waals surface area (Å²) < 4.78 is 1.37. The third-order valence-electron chi connectivity index (χ3n) is 2.84. The normalized spacial score (nSPS) is 10.8. The molecule has 0 aliphatic rings. The maximum Gasteiger partial charge on any atom is 0.0355 e. The maximum absolute atomic E-state index is 2.30. The first-order valence-corrected chi connectivity index (χ1v) is 6.21. The Morgan fingerprint density at radius 1 is 0.875 bits per heavy atom. The lowest BCUT2D eigenvalue weighted by Crippen LogP contribution is -1.70. The summed E-state index contributed by atoms with van der Waals surface area (Å²) in [4.78, 5) is 1.35. The molecule has 0 atom stereocenters. The molecular formula is C15H12S. The van der Waals surface area contributed by atoms with Crippen LogP contribution in [0.5, 0.6) is 0 Å². The summed E-state index contributed by atoms with van der Waals surface area (Å²) in [5, 5.41) is 1.38. The Hall–Kier alpha value is -1.60. The molecule has 0 unspecified atom stereocenters. The molecule has 1 heteroatoms. The monoisotopic (exact) mass is 224 g/mol. The lowest BCUT2D eigenvalue weighted by molar-refractivity contribution is 1.55. The average Bonchev–Trinajstić information content (AvgIpc) is 2.76. The molecule has 0 saturated carbocycles. The van der Waals surface area contributed by atoms with Crippen molar-refractivity contribution in [3.63, 3.8) is 0 Å². The van der Waals surface area contributed by atoms with Crippen LogP contribution in [0.3, 0.4) is 0 Å². The van der Waals surface area contributed by atoms with Crippen molar-refractivity contribution in [1.29, 1.82) is 0 Å². The van der Waals surface area contributed by atoms with E-state index in [1.807, 2.05) is 11.3 Å². The van der Waals surface area contributed by atoms with E-state index in [0.29, 0.717) is 0 Å². The van der Waals surface area contributed by atoms with E-state index in [1.54, 1.807) is 0 Å². The molecule has 0 aliphatic carbocycles. The van der Waals surface area contributed by atoms with Gasteiger partial charge in [-0.2, -0.15) is 0 Å². The minimum atomic E-state index is 1.31. The molecule has 0 bridgehead atoms. The fraction of sp³-hybridized carbons (Fsp3) is 0.0667. The molecule has 1 heterocycles. The van der Waals surface area contributed by atoms with Crippen LogP contribution >= 0.6 is 11.3 Å². The van der Waals surface area contributed by atoms with Crippen molar-refractivity contribution in [3.05, 3.63) is 60.2 Å². The molecule has 0 amide bonds. The molecule has 0 fully saturated rings. The summed E-state index contributed by atoms with van der Waals surface area (Å²) in [7, 11) is 0. The van der Waals surface area contributed by atoms with E-state index in [4.69, 9.17) is 0 Å². The quantitative estimate of drug-likeness (QED) is 0.553. The van der Waals surface area contributed by atoms with Crippen LogP contribution in [-0.4, -0.2) is 0 Å². The first-order chi connectivity index (χ1) is 7.84. The van der Waals surface area contributed by atoms with Crippen LogP contribution in [0, 0.1) is 6.92 Å². The van der Waals surface area contributed by atoms with Gasteiger partial charge in [-0.15, -0.1) is 11.3 Å². The number of thiophene rings is 1. The van der Waals surface area contributed by atoms with Crippen LogP contribution < -0.4 is 0 Å². The zero-order valence-electron chi connectivity index (χ0n) is 9.10. The molecular weight excluding hydrogens is 212 g/mol. The molecule has 2 aromatic carbocycles. The van der Waals surface area contributed by atoms with Gasteiger partial charge in [0.25, 0.3) is 0 Å². The van der Waals surface area contributed by atoms with E-state index in [1.165, 1.54) is 26.1 Å².